The number of hydrogen-bond acceptors (Lipinski definition) is 3. The lowest BCUT2D eigenvalue weighted by molar-refractivity contribution is 0.00963. The molecule has 35 heavy (non-hydrogen) atoms. The summed E-state index contributed by atoms with van der Waals surface area (Å²) in [5.74, 6) is 3.40. The Balaban J connectivity index is 1.51. The molecule has 5 rings (SSSR count). The molecule has 198 valence electrons. The molecule has 7 atom stereocenters. The lowest BCUT2D eigenvalue weighted by Gasteiger charge is -2.47. The second-order valence-corrected chi connectivity index (χ2v) is 12.2. The molecule has 0 spiro atoms. The number of nitrogens with zero attached hydrogens (tertiary/aromatic N) is 2. The van der Waals surface area contributed by atoms with Crippen molar-refractivity contribution in [2.45, 2.75) is 102 Å². The van der Waals surface area contributed by atoms with Gasteiger partial charge in [0.25, 0.3) is 0 Å². The van der Waals surface area contributed by atoms with E-state index in [2.05, 4.69) is 40.2 Å². The summed E-state index contributed by atoms with van der Waals surface area (Å²) in [6, 6.07) is 0. The Kier molecular flexibility index (Phi) is 11.9. The fraction of sp³-hybridized carbons (Fsp3) is 0.812. The molecule has 3 heteroatoms. The van der Waals surface area contributed by atoms with Crippen molar-refractivity contribution in [2.24, 2.45) is 23.7 Å². The second-order valence-electron chi connectivity index (χ2n) is 12.2. The molecule has 2 fully saturated rings. The first kappa shape index (κ1) is 27.1. The summed E-state index contributed by atoms with van der Waals surface area (Å²) < 4.78 is 0. The zero-order chi connectivity index (χ0) is 24.1. The van der Waals surface area contributed by atoms with Crippen LogP contribution in [0.3, 0.4) is 0 Å². The third-order valence-electron chi connectivity index (χ3n) is 9.36. The molecule has 0 saturated carbocycles. The standard InChI is InChI=1S/C32H54N2O/c35-31-19-15-11-7-2-1-6-10-14-18-29-25-33-21-16-12-8-4-3-5-9-13-17-28-23-30(32(29)20-22-33)26-34(24-28)27-31/h7-8,11-12,15,19,28-32,35H,1-6,9-10,13-14,16-18,20-27H2/b11-7-,12-8-,19-15-/t28-,29+,30+,31?,32+/m0/s1. The van der Waals surface area contributed by atoms with E-state index in [9.17, 15) is 5.11 Å². The summed E-state index contributed by atoms with van der Waals surface area (Å²) in [5.41, 5.74) is 0. The van der Waals surface area contributed by atoms with E-state index in [1.54, 1.807) is 0 Å². The highest BCUT2D eigenvalue weighted by atomic mass is 16.3. The van der Waals surface area contributed by atoms with E-state index in [0.29, 0.717) is 0 Å². The lowest BCUT2D eigenvalue weighted by Crippen LogP contribution is -2.50. The Labute approximate surface area is 216 Å². The van der Waals surface area contributed by atoms with E-state index in [-0.39, 0.29) is 6.10 Å². The molecule has 5 aliphatic rings. The number of piperidine rings is 2. The van der Waals surface area contributed by atoms with Gasteiger partial charge in [-0.15, -0.1) is 0 Å². The monoisotopic (exact) mass is 482 g/mol. The summed E-state index contributed by atoms with van der Waals surface area (Å²) in [5, 5.41) is 10.8. The van der Waals surface area contributed by atoms with E-state index in [1.807, 2.05) is 6.08 Å². The first-order valence-electron chi connectivity index (χ1n) is 15.4. The number of hydrogen-bond donors (Lipinski definition) is 1. The van der Waals surface area contributed by atoms with E-state index in [0.717, 1.165) is 30.2 Å². The summed E-state index contributed by atoms with van der Waals surface area (Å²) >= 11 is 0. The normalized spacial score (nSPS) is 41.6. The van der Waals surface area contributed by atoms with Crippen LogP contribution >= 0.6 is 0 Å². The molecule has 5 heterocycles. The molecule has 1 N–H and O–H groups in total. The zero-order valence-electron chi connectivity index (χ0n) is 22.5. The molecule has 0 radical (unpaired) electrons. The molecule has 6 bridgehead atoms. The maximum Gasteiger partial charge on any atom is 0.0850 e. The van der Waals surface area contributed by atoms with Crippen molar-refractivity contribution in [3.05, 3.63) is 36.5 Å². The summed E-state index contributed by atoms with van der Waals surface area (Å²) in [6.07, 6.45) is 33.4. The van der Waals surface area contributed by atoms with Crippen molar-refractivity contribution in [3.63, 3.8) is 0 Å². The molecule has 0 aliphatic carbocycles. The zero-order valence-corrected chi connectivity index (χ0v) is 22.5. The fourth-order valence-electron chi connectivity index (χ4n) is 7.53. The van der Waals surface area contributed by atoms with Crippen LogP contribution in [-0.4, -0.2) is 60.3 Å². The molecule has 3 unspecified atom stereocenters. The minimum absolute atomic E-state index is 0.346. The molecular formula is C32H54N2O. The predicted molar refractivity (Wildman–Crippen MR) is 150 cm³/mol. The Morgan fingerprint density at radius 1 is 0.571 bits per heavy atom. The van der Waals surface area contributed by atoms with Gasteiger partial charge in [-0.3, -0.25) is 4.90 Å². The van der Waals surface area contributed by atoms with E-state index in [1.165, 1.54) is 129 Å². The topological polar surface area (TPSA) is 26.7 Å². The van der Waals surface area contributed by atoms with Gasteiger partial charge in [0, 0.05) is 32.7 Å². The van der Waals surface area contributed by atoms with Crippen molar-refractivity contribution in [2.75, 3.05) is 39.3 Å². The first-order valence-corrected chi connectivity index (χ1v) is 15.4. The van der Waals surface area contributed by atoms with Gasteiger partial charge in [0.2, 0.25) is 0 Å². The number of fused-ring (bicyclic) bond motifs is 10. The van der Waals surface area contributed by atoms with Gasteiger partial charge >= 0.3 is 0 Å². The SMILES string of the molecule is OC1/C=C\C=C/CCCCCC[C@@H]2CN3CC/C=C\CCCCCC[C@H]4C[C@H](CN(C1)C4)[C@@H]2CC3. The van der Waals surface area contributed by atoms with Gasteiger partial charge < -0.3 is 10.0 Å². The largest absolute Gasteiger partial charge is 0.388 e. The molecule has 3 nitrogen and oxygen atoms in total. The average molecular weight is 483 g/mol. The summed E-state index contributed by atoms with van der Waals surface area (Å²) in [7, 11) is 0. The maximum atomic E-state index is 10.8. The highest BCUT2D eigenvalue weighted by molar-refractivity contribution is 5.05. The number of aliphatic hydroxyl groups excluding tert-OH is 1. The highest BCUT2D eigenvalue weighted by Crippen LogP contribution is 2.40. The van der Waals surface area contributed by atoms with Gasteiger partial charge in [0.05, 0.1) is 6.10 Å². The Bertz CT molecular complexity index is 670. The van der Waals surface area contributed by atoms with Crippen LogP contribution in [0, 0.1) is 23.7 Å². The predicted octanol–water partition coefficient (Wildman–Crippen LogP) is 6.99. The minimum Gasteiger partial charge on any atom is -0.388 e. The molecule has 0 aromatic heterocycles. The fourth-order valence-corrected chi connectivity index (χ4v) is 7.53. The van der Waals surface area contributed by atoms with Gasteiger partial charge in [-0.05, 0) is 88.0 Å². The summed E-state index contributed by atoms with van der Waals surface area (Å²) in [4.78, 5) is 5.45. The van der Waals surface area contributed by atoms with Crippen molar-refractivity contribution >= 4 is 0 Å². The molecule has 0 aromatic carbocycles. The van der Waals surface area contributed by atoms with Crippen molar-refractivity contribution in [3.8, 4) is 0 Å². The van der Waals surface area contributed by atoms with Gasteiger partial charge in [0.15, 0.2) is 0 Å². The number of aliphatic hydroxyl groups is 1. The number of allylic oxidation sites excluding steroid dienone is 4. The van der Waals surface area contributed by atoms with Crippen LogP contribution in [0.2, 0.25) is 0 Å². The van der Waals surface area contributed by atoms with Crippen molar-refractivity contribution in [1.29, 1.82) is 0 Å². The molecule has 2 saturated heterocycles. The number of rotatable bonds is 0. The maximum absolute atomic E-state index is 10.8. The van der Waals surface area contributed by atoms with E-state index < -0.39 is 0 Å². The second kappa shape index (κ2) is 15.4. The third-order valence-corrected chi connectivity index (χ3v) is 9.36. The Hall–Kier alpha value is -0.900. The van der Waals surface area contributed by atoms with Gasteiger partial charge in [-0.2, -0.15) is 0 Å². The van der Waals surface area contributed by atoms with Crippen LogP contribution in [0.25, 0.3) is 0 Å². The van der Waals surface area contributed by atoms with Gasteiger partial charge in [-0.1, -0.05) is 75.0 Å². The average Bonchev–Trinajstić information content (AvgIpc) is 2.85. The van der Waals surface area contributed by atoms with Crippen LogP contribution in [0.1, 0.15) is 96.3 Å². The molecule has 5 aliphatic heterocycles. The van der Waals surface area contributed by atoms with Crippen LogP contribution in [0.15, 0.2) is 36.5 Å². The van der Waals surface area contributed by atoms with E-state index >= 15 is 0 Å². The molecular weight excluding hydrogens is 428 g/mol. The minimum atomic E-state index is -0.346. The van der Waals surface area contributed by atoms with Crippen LogP contribution in [0.4, 0.5) is 0 Å². The third kappa shape index (κ3) is 9.48. The van der Waals surface area contributed by atoms with Crippen LogP contribution < -0.4 is 0 Å². The van der Waals surface area contributed by atoms with Gasteiger partial charge in [0.1, 0.15) is 0 Å². The van der Waals surface area contributed by atoms with Crippen molar-refractivity contribution in [1.82, 2.24) is 9.80 Å². The van der Waals surface area contributed by atoms with E-state index in [4.69, 9.17) is 0 Å². The summed E-state index contributed by atoms with van der Waals surface area (Å²) in [6.45, 7) is 7.10. The molecule has 0 amide bonds. The van der Waals surface area contributed by atoms with Crippen LogP contribution in [-0.2, 0) is 0 Å². The quantitative estimate of drug-likeness (QED) is 0.377. The van der Waals surface area contributed by atoms with Gasteiger partial charge in [-0.25, -0.2) is 0 Å². The highest BCUT2D eigenvalue weighted by Gasteiger charge is 2.38. The lowest BCUT2D eigenvalue weighted by atomic mass is 9.69. The Morgan fingerprint density at radius 3 is 2.20 bits per heavy atom. The van der Waals surface area contributed by atoms with Crippen molar-refractivity contribution < 1.29 is 5.11 Å². The first-order chi connectivity index (χ1) is 17.3. The van der Waals surface area contributed by atoms with Crippen LogP contribution in [0.5, 0.6) is 0 Å². The smallest absolute Gasteiger partial charge is 0.0850 e. The molecule has 0 aromatic rings. The Morgan fingerprint density at radius 2 is 1.31 bits per heavy atom.